The van der Waals surface area contributed by atoms with Crippen LogP contribution in [0.3, 0.4) is 0 Å². The number of aliphatic hydroxyl groups is 1. The van der Waals surface area contributed by atoms with Crippen molar-refractivity contribution in [3.63, 3.8) is 0 Å². The molecule has 0 saturated carbocycles. The number of hydrogen-bond acceptors (Lipinski definition) is 3. The zero-order valence-electron chi connectivity index (χ0n) is 13.7. The van der Waals surface area contributed by atoms with Crippen LogP contribution in [0.15, 0.2) is 12.1 Å². The van der Waals surface area contributed by atoms with Crippen molar-refractivity contribution in [2.24, 2.45) is 0 Å². The van der Waals surface area contributed by atoms with Crippen molar-refractivity contribution >= 4 is 5.91 Å². The maximum absolute atomic E-state index is 13.5. The fourth-order valence-electron chi connectivity index (χ4n) is 3.47. The standard InChI is InChI=1S/C17H21F3N2O2/c1-10(2)22-9-14-13(16(22)24)5-11(6-15(14)17(18,19)20)7-21-4-3-12(23)8-21/h5-6,10,12,23H,3-4,7-9H2,1-2H3. The molecule has 1 atom stereocenters. The molecular formula is C17H21F3N2O2. The zero-order valence-corrected chi connectivity index (χ0v) is 13.7. The molecule has 0 aliphatic carbocycles. The number of rotatable bonds is 3. The fraction of sp³-hybridized carbons (Fsp3) is 0.588. The van der Waals surface area contributed by atoms with Crippen LogP contribution in [0.5, 0.6) is 0 Å². The summed E-state index contributed by atoms with van der Waals surface area (Å²) in [5.74, 6) is -0.339. The summed E-state index contributed by atoms with van der Waals surface area (Å²) in [7, 11) is 0. The third-order valence-corrected chi connectivity index (χ3v) is 4.71. The first kappa shape index (κ1) is 17.2. The maximum Gasteiger partial charge on any atom is 0.416 e. The number of aliphatic hydroxyl groups excluding tert-OH is 1. The SMILES string of the molecule is CC(C)N1Cc2c(cc(CN3CCC(O)C3)cc2C(F)(F)F)C1=O. The average Bonchev–Trinajstić information content (AvgIpc) is 3.02. The van der Waals surface area contributed by atoms with Gasteiger partial charge in [-0.25, -0.2) is 0 Å². The third kappa shape index (κ3) is 3.15. The van der Waals surface area contributed by atoms with Gasteiger partial charge in [0.15, 0.2) is 0 Å². The minimum Gasteiger partial charge on any atom is -0.392 e. The lowest BCUT2D eigenvalue weighted by atomic mass is 9.98. The maximum atomic E-state index is 13.5. The van der Waals surface area contributed by atoms with Gasteiger partial charge in [-0.3, -0.25) is 9.69 Å². The van der Waals surface area contributed by atoms with E-state index in [2.05, 4.69) is 0 Å². The lowest BCUT2D eigenvalue weighted by Crippen LogP contribution is -2.30. The van der Waals surface area contributed by atoms with Crippen molar-refractivity contribution in [1.29, 1.82) is 0 Å². The number of hydrogen-bond donors (Lipinski definition) is 1. The number of halogens is 3. The van der Waals surface area contributed by atoms with E-state index in [1.165, 1.54) is 4.90 Å². The molecule has 7 heteroatoms. The molecule has 0 spiro atoms. The van der Waals surface area contributed by atoms with Gasteiger partial charge in [-0.05, 0) is 43.5 Å². The molecule has 2 aliphatic heterocycles. The van der Waals surface area contributed by atoms with E-state index in [4.69, 9.17) is 0 Å². The van der Waals surface area contributed by atoms with Crippen LogP contribution in [0.25, 0.3) is 0 Å². The molecule has 2 aliphatic rings. The summed E-state index contributed by atoms with van der Waals surface area (Å²) in [5.41, 5.74) is -0.0138. The second-order valence-electron chi connectivity index (χ2n) is 6.87. The Bertz CT molecular complexity index is 658. The van der Waals surface area contributed by atoms with Gasteiger partial charge in [0.05, 0.1) is 11.7 Å². The van der Waals surface area contributed by atoms with Crippen LogP contribution in [0.2, 0.25) is 0 Å². The van der Waals surface area contributed by atoms with E-state index in [9.17, 15) is 23.1 Å². The highest BCUT2D eigenvalue weighted by Gasteiger charge is 2.40. The van der Waals surface area contributed by atoms with Crippen LogP contribution < -0.4 is 0 Å². The average molecular weight is 342 g/mol. The Morgan fingerprint density at radius 2 is 2.04 bits per heavy atom. The molecular weight excluding hydrogens is 321 g/mol. The Kier molecular flexibility index (Phi) is 4.34. The summed E-state index contributed by atoms with van der Waals surface area (Å²) in [4.78, 5) is 15.8. The Labute approximate surface area is 138 Å². The second kappa shape index (κ2) is 6.04. The van der Waals surface area contributed by atoms with Gasteiger partial charge in [-0.1, -0.05) is 0 Å². The van der Waals surface area contributed by atoms with Gasteiger partial charge < -0.3 is 10.0 Å². The highest BCUT2D eigenvalue weighted by molar-refractivity contribution is 5.99. The van der Waals surface area contributed by atoms with Crippen molar-refractivity contribution in [3.05, 3.63) is 34.4 Å². The van der Waals surface area contributed by atoms with E-state index >= 15 is 0 Å². The largest absolute Gasteiger partial charge is 0.416 e. The minimum absolute atomic E-state index is 0.00336. The van der Waals surface area contributed by atoms with Gasteiger partial charge in [0, 0.05) is 37.8 Å². The number of likely N-dealkylation sites (tertiary alicyclic amines) is 1. The van der Waals surface area contributed by atoms with Crippen LogP contribution in [-0.4, -0.2) is 46.0 Å². The zero-order chi connectivity index (χ0) is 17.6. The summed E-state index contributed by atoms with van der Waals surface area (Å²) < 4.78 is 40.4. The van der Waals surface area contributed by atoms with Crippen molar-refractivity contribution in [2.45, 2.75) is 51.7 Å². The van der Waals surface area contributed by atoms with Crippen molar-refractivity contribution in [2.75, 3.05) is 13.1 Å². The summed E-state index contributed by atoms with van der Waals surface area (Å²) in [5, 5.41) is 9.57. The second-order valence-corrected chi connectivity index (χ2v) is 6.87. The number of fused-ring (bicyclic) bond motifs is 1. The molecule has 3 rings (SSSR count). The van der Waals surface area contributed by atoms with E-state index < -0.39 is 17.8 Å². The lowest BCUT2D eigenvalue weighted by Gasteiger charge is -2.20. The summed E-state index contributed by atoms with van der Waals surface area (Å²) >= 11 is 0. The van der Waals surface area contributed by atoms with Crippen molar-refractivity contribution in [1.82, 2.24) is 9.80 Å². The number of carbonyl (C=O) groups excluding carboxylic acids is 1. The topological polar surface area (TPSA) is 43.8 Å². The van der Waals surface area contributed by atoms with Crippen LogP contribution >= 0.6 is 0 Å². The molecule has 4 nitrogen and oxygen atoms in total. The molecule has 24 heavy (non-hydrogen) atoms. The molecule has 1 saturated heterocycles. The van der Waals surface area contributed by atoms with Gasteiger partial charge >= 0.3 is 6.18 Å². The summed E-state index contributed by atoms with van der Waals surface area (Å²) in [6.07, 6.45) is -4.30. The fourth-order valence-corrected chi connectivity index (χ4v) is 3.47. The quantitative estimate of drug-likeness (QED) is 0.918. The third-order valence-electron chi connectivity index (χ3n) is 4.71. The van der Waals surface area contributed by atoms with E-state index in [1.807, 2.05) is 4.90 Å². The molecule has 0 radical (unpaired) electrons. The molecule has 1 fully saturated rings. The van der Waals surface area contributed by atoms with E-state index in [1.54, 1.807) is 19.9 Å². The first-order valence-corrected chi connectivity index (χ1v) is 8.11. The first-order valence-electron chi connectivity index (χ1n) is 8.11. The number of β-amino-alcohol motifs (C(OH)–C–C–N with tert-alkyl or cyclic N) is 1. The van der Waals surface area contributed by atoms with E-state index in [0.29, 0.717) is 31.6 Å². The van der Waals surface area contributed by atoms with Gasteiger partial charge in [0.1, 0.15) is 0 Å². The predicted octanol–water partition coefficient (Wildman–Crippen LogP) is 2.64. The van der Waals surface area contributed by atoms with Crippen LogP contribution in [-0.2, 0) is 19.3 Å². The molecule has 1 aromatic rings. The van der Waals surface area contributed by atoms with Gasteiger partial charge in [-0.15, -0.1) is 0 Å². The first-order chi connectivity index (χ1) is 11.2. The Balaban J connectivity index is 1.98. The van der Waals surface area contributed by atoms with E-state index in [0.717, 1.165) is 6.07 Å². The van der Waals surface area contributed by atoms with E-state index in [-0.39, 0.29) is 29.6 Å². The monoisotopic (exact) mass is 342 g/mol. The number of amides is 1. The van der Waals surface area contributed by atoms with Crippen LogP contribution in [0.1, 0.15) is 47.3 Å². The Hall–Kier alpha value is -1.60. The smallest absolute Gasteiger partial charge is 0.392 e. The molecule has 0 aromatic heterocycles. The van der Waals surface area contributed by atoms with Crippen LogP contribution in [0, 0.1) is 0 Å². The van der Waals surface area contributed by atoms with Gasteiger partial charge in [0.2, 0.25) is 0 Å². The lowest BCUT2D eigenvalue weighted by molar-refractivity contribution is -0.138. The predicted molar refractivity (Wildman–Crippen MR) is 82.4 cm³/mol. The van der Waals surface area contributed by atoms with Crippen molar-refractivity contribution < 1.29 is 23.1 Å². The van der Waals surface area contributed by atoms with Gasteiger partial charge in [-0.2, -0.15) is 13.2 Å². The number of carbonyl (C=O) groups is 1. The normalized spacial score (nSPS) is 21.9. The highest BCUT2D eigenvalue weighted by Crippen LogP contribution is 2.39. The summed E-state index contributed by atoms with van der Waals surface area (Å²) in [6, 6.07) is 2.59. The van der Waals surface area contributed by atoms with Gasteiger partial charge in [0.25, 0.3) is 5.91 Å². The molecule has 0 bridgehead atoms. The number of nitrogens with zero attached hydrogens (tertiary/aromatic N) is 2. The van der Waals surface area contributed by atoms with Crippen molar-refractivity contribution in [3.8, 4) is 0 Å². The number of benzene rings is 1. The summed E-state index contributed by atoms with van der Waals surface area (Å²) in [6.45, 7) is 5.00. The molecule has 1 aromatic carbocycles. The number of alkyl halides is 3. The minimum atomic E-state index is -4.49. The molecule has 132 valence electrons. The molecule has 1 amide bonds. The molecule has 1 unspecified atom stereocenters. The highest BCUT2D eigenvalue weighted by atomic mass is 19.4. The Morgan fingerprint density at radius 3 is 2.58 bits per heavy atom. The molecule has 1 N–H and O–H groups in total. The Morgan fingerprint density at radius 1 is 1.33 bits per heavy atom. The molecule has 2 heterocycles. The van der Waals surface area contributed by atoms with Crippen LogP contribution in [0.4, 0.5) is 13.2 Å².